The van der Waals surface area contributed by atoms with E-state index in [1.165, 1.54) is 0 Å². The number of amides is 1. The van der Waals surface area contributed by atoms with Gasteiger partial charge in [-0.2, -0.15) is 0 Å². The van der Waals surface area contributed by atoms with Gasteiger partial charge in [0.15, 0.2) is 0 Å². The Balaban J connectivity index is 1.41. The van der Waals surface area contributed by atoms with Gasteiger partial charge in [-0.15, -0.1) is 0 Å². The second kappa shape index (κ2) is 9.87. The molecule has 30 heavy (non-hydrogen) atoms. The van der Waals surface area contributed by atoms with Crippen LogP contribution in [-0.4, -0.2) is 33.1 Å². The molecule has 2 heterocycles. The van der Waals surface area contributed by atoms with Crippen molar-refractivity contribution < 1.29 is 13.7 Å². The Kier molecular flexibility index (Phi) is 6.77. The molecule has 1 atom stereocenters. The van der Waals surface area contributed by atoms with E-state index in [-0.39, 0.29) is 11.2 Å². The third-order valence-electron chi connectivity index (χ3n) is 5.29. The fourth-order valence-electron chi connectivity index (χ4n) is 3.69. The van der Waals surface area contributed by atoms with Crippen LogP contribution in [0.15, 0.2) is 72.9 Å². The van der Waals surface area contributed by atoms with Crippen LogP contribution in [0.4, 0.5) is 5.69 Å². The molecule has 5 nitrogen and oxygen atoms in total. The first kappa shape index (κ1) is 20.6. The minimum absolute atomic E-state index is 0.154. The zero-order valence-electron chi connectivity index (χ0n) is 16.8. The molecule has 1 aliphatic rings. The van der Waals surface area contributed by atoms with Gasteiger partial charge < -0.3 is 14.6 Å². The van der Waals surface area contributed by atoms with Crippen LogP contribution in [0, 0.1) is 0 Å². The van der Waals surface area contributed by atoms with Crippen molar-refractivity contribution in [3.63, 3.8) is 0 Å². The van der Waals surface area contributed by atoms with E-state index < -0.39 is 10.8 Å². The number of ether oxygens (including phenoxy) is 1. The van der Waals surface area contributed by atoms with Crippen molar-refractivity contribution in [2.24, 2.45) is 0 Å². The van der Waals surface area contributed by atoms with Crippen LogP contribution >= 0.6 is 0 Å². The molecule has 1 fully saturated rings. The summed E-state index contributed by atoms with van der Waals surface area (Å²) in [7, 11) is -0.931. The van der Waals surface area contributed by atoms with E-state index in [0.29, 0.717) is 36.9 Å². The fraction of sp³-hybridized carbons (Fsp3) is 0.292. The summed E-state index contributed by atoms with van der Waals surface area (Å²) in [6, 6.07) is 21.4. The van der Waals surface area contributed by atoms with Gasteiger partial charge in [0.05, 0.1) is 0 Å². The van der Waals surface area contributed by atoms with Crippen LogP contribution in [0.2, 0.25) is 0 Å². The topological polar surface area (TPSA) is 60.3 Å². The lowest BCUT2D eigenvalue weighted by molar-refractivity contribution is 0.0991. The molecule has 1 amide bonds. The molecule has 3 aromatic rings. The second-order valence-electron chi connectivity index (χ2n) is 7.50. The normalized spacial score (nSPS) is 15.6. The van der Waals surface area contributed by atoms with Gasteiger partial charge in [0.1, 0.15) is 5.69 Å². The van der Waals surface area contributed by atoms with Crippen LogP contribution in [0.3, 0.4) is 0 Å². The first-order chi connectivity index (χ1) is 14.7. The highest BCUT2D eigenvalue weighted by molar-refractivity contribution is 7.84. The number of aromatic nitrogens is 1. The maximum absolute atomic E-state index is 12.9. The van der Waals surface area contributed by atoms with Crippen molar-refractivity contribution in [2.75, 3.05) is 18.5 Å². The van der Waals surface area contributed by atoms with Crippen molar-refractivity contribution in [2.45, 2.75) is 30.4 Å². The van der Waals surface area contributed by atoms with Crippen LogP contribution in [0.25, 0.3) is 0 Å². The molecular weight excluding hydrogens is 396 g/mol. The first-order valence-corrected chi connectivity index (χ1v) is 11.6. The molecule has 0 aliphatic carbocycles. The van der Waals surface area contributed by atoms with Crippen molar-refractivity contribution in [3.05, 3.63) is 89.7 Å². The summed E-state index contributed by atoms with van der Waals surface area (Å²) in [6.07, 6.45) is 3.61. The Labute approximate surface area is 179 Å². The van der Waals surface area contributed by atoms with Gasteiger partial charge in [0.25, 0.3) is 5.91 Å². The summed E-state index contributed by atoms with van der Waals surface area (Å²) < 4.78 is 20.0. The van der Waals surface area contributed by atoms with E-state index >= 15 is 0 Å². The number of carbonyl (C=O) groups is 1. The van der Waals surface area contributed by atoms with Crippen LogP contribution in [0.1, 0.15) is 34.5 Å². The second-order valence-corrected chi connectivity index (χ2v) is 9.22. The molecule has 1 saturated heterocycles. The molecule has 1 unspecified atom stereocenters. The third-order valence-corrected chi connectivity index (χ3v) is 7.12. The van der Waals surface area contributed by atoms with E-state index in [2.05, 4.69) is 5.32 Å². The van der Waals surface area contributed by atoms with Gasteiger partial charge in [0.2, 0.25) is 0 Å². The summed E-state index contributed by atoms with van der Waals surface area (Å²) in [5.41, 5.74) is 3.43. The molecule has 156 valence electrons. The smallest absolute Gasteiger partial charge is 0.272 e. The average molecular weight is 423 g/mol. The first-order valence-electron chi connectivity index (χ1n) is 10.2. The number of rotatable bonds is 7. The molecule has 0 bridgehead atoms. The lowest BCUT2D eigenvalue weighted by atomic mass is 10.2. The van der Waals surface area contributed by atoms with Crippen molar-refractivity contribution in [1.29, 1.82) is 0 Å². The number of carbonyl (C=O) groups excluding carboxylic acids is 1. The van der Waals surface area contributed by atoms with Crippen LogP contribution < -0.4 is 5.32 Å². The van der Waals surface area contributed by atoms with Gasteiger partial charge in [-0.1, -0.05) is 42.5 Å². The summed E-state index contributed by atoms with van der Waals surface area (Å²) >= 11 is 0. The van der Waals surface area contributed by atoms with Crippen molar-refractivity contribution in [3.8, 4) is 0 Å². The maximum atomic E-state index is 12.9. The fourth-order valence-corrected chi connectivity index (χ4v) is 5.16. The number of benzene rings is 2. The van der Waals surface area contributed by atoms with Crippen molar-refractivity contribution in [1.82, 2.24) is 4.57 Å². The lowest BCUT2D eigenvalue weighted by Crippen LogP contribution is -2.25. The van der Waals surface area contributed by atoms with Gasteiger partial charge in [-0.25, -0.2) is 0 Å². The standard InChI is InChI=1S/C24H26N2O3S/c27-24(23-10-5-13-26(23)17-19-6-2-1-3-7-19)25-21-9-4-8-20(16-21)18-30(28)22-11-14-29-15-12-22/h1-10,13,16,22H,11-12,14-15,17-18H2,(H,25,27). The third kappa shape index (κ3) is 5.26. The van der Waals surface area contributed by atoms with E-state index in [1.807, 2.05) is 77.5 Å². The quantitative estimate of drug-likeness (QED) is 0.620. The van der Waals surface area contributed by atoms with E-state index in [0.717, 1.165) is 24.0 Å². The molecule has 0 saturated carbocycles. The summed E-state index contributed by atoms with van der Waals surface area (Å²) in [6.45, 7) is 2.02. The molecule has 2 aromatic carbocycles. The average Bonchev–Trinajstić information content (AvgIpc) is 3.23. The number of nitrogens with zero attached hydrogens (tertiary/aromatic N) is 1. The SMILES string of the molecule is O=C(Nc1cccc(CS(=O)C2CCOCC2)c1)c1cccn1Cc1ccccc1. The molecule has 0 radical (unpaired) electrons. The summed E-state index contributed by atoms with van der Waals surface area (Å²) in [4.78, 5) is 12.9. The van der Waals surface area contributed by atoms with E-state index in [9.17, 15) is 9.00 Å². The molecule has 6 heteroatoms. The molecule has 1 aromatic heterocycles. The number of anilines is 1. The number of hydrogen-bond acceptors (Lipinski definition) is 3. The Bertz CT molecular complexity index is 1010. The van der Waals surface area contributed by atoms with Gasteiger partial charge in [-0.3, -0.25) is 9.00 Å². The minimum Gasteiger partial charge on any atom is -0.381 e. The van der Waals surface area contributed by atoms with E-state index in [4.69, 9.17) is 4.74 Å². The Morgan fingerprint density at radius 1 is 1.00 bits per heavy atom. The predicted octanol–water partition coefficient (Wildman–Crippen LogP) is 4.22. The molecular formula is C24H26N2O3S. The zero-order valence-corrected chi connectivity index (χ0v) is 17.6. The monoisotopic (exact) mass is 422 g/mol. The Morgan fingerprint density at radius 3 is 2.57 bits per heavy atom. The molecule has 1 aliphatic heterocycles. The summed E-state index contributed by atoms with van der Waals surface area (Å²) in [5, 5.41) is 3.18. The zero-order chi connectivity index (χ0) is 20.8. The Hall–Kier alpha value is -2.70. The minimum atomic E-state index is -0.931. The van der Waals surface area contributed by atoms with Crippen molar-refractivity contribution >= 4 is 22.4 Å². The van der Waals surface area contributed by atoms with Gasteiger partial charge in [0, 0.05) is 53.4 Å². The predicted molar refractivity (Wildman–Crippen MR) is 120 cm³/mol. The number of nitrogens with one attached hydrogen (secondary N) is 1. The Morgan fingerprint density at radius 2 is 1.77 bits per heavy atom. The molecule has 0 spiro atoms. The molecule has 1 N–H and O–H groups in total. The largest absolute Gasteiger partial charge is 0.381 e. The summed E-state index contributed by atoms with van der Waals surface area (Å²) in [5.74, 6) is 0.345. The maximum Gasteiger partial charge on any atom is 0.272 e. The van der Waals surface area contributed by atoms with Crippen LogP contribution in [0.5, 0.6) is 0 Å². The van der Waals surface area contributed by atoms with E-state index in [1.54, 1.807) is 0 Å². The molecule has 4 rings (SSSR count). The van der Waals surface area contributed by atoms with Gasteiger partial charge >= 0.3 is 0 Å². The highest BCUT2D eigenvalue weighted by Crippen LogP contribution is 2.19. The van der Waals surface area contributed by atoms with Gasteiger partial charge in [-0.05, 0) is 48.2 Å². The highest BCUT2D eigenvalue weighted by Gasteiger charge is 2.20. The number of hydrogen-bond donors (Lipinski definition) is 1. The van der Waals surface area contributed by atoms with Crippen LogP contribution in [-0.2, 0) is 27.8 Å². The highest BCUT2D eigenvalue weighted by atomic mass is 32.2. The lowest BCUT2D eigenvalue weighted by Gasteiger charge is -2.21.